The molecule has 4 saturated carbocycles. The number of hydrazine groups is 1. The van der Waals surface area contributed by atoms with Gasteiger partial charge in [0.05, 0.1) is 5.75 Å². The molecule has 6 heteroatoms. The van der Waals surface area contributed by atoms with Crippen molar-refractivity contribution in [1.82, 2.24) is 15.9 Å². The van der Waals surface area contributed by atoms with Crippen LogP contribution < -0.4 is 10.9 Å². The van der Waals surface area contributed by atoms with Gasteiger partial charge < -0.3 is 0 Å². The summed E-state index contributed by atoms with van der Waals surface area (Å²) in [5, 5.41) is 7.02. The van der Waals surface area contributed by atoms with E-state index >= 15 is 0 Å². The van der Waals surface area contributed by atoms with E-state index in [0.717, 1.165) is 17.0 Å². The largest absolute Gasteiger partial charge is 0.285 e. The fourth-order valence-electron chi connectivity index (χ4n) is 5.20. The number of hydrazone groups is 1. The number of carbonyl (C=O) groups is 1. The summed E-state index contributed by atoms with van der Waals surface area (Å²) in [4.78, 5) is 12.0. The first-order chi connectivity index (χ1) is 9.24. The molecule has 0 aromatic carbocycles. The SMILES string of the molecule is O=C1CSC2=NNC3(NN12)C1CC2CC(C1)CC3C2. The molecule has 0 aromatic rings. The minimum atomic E-state index is -0.141. The average molecular weight is 278 g/mol. The lowest BCUT2D eigenvalue weighted by atomic mass is 9.51. The maximum atomic E-state index is 12.0. The number of nitrogens with zero attached hydrogens (tertiary/aromatic N) is 2. The van der Waals surface area contributed by atoms with Gasteiger partial charge in [-0.25, -0.2) is 5.01 Å². The second-order valence-corrected chi connectivity index (χ2v) is 7.75. The number of fused-ring (bicyclic) bond motifs is 1. The van der Waals surface area contributed by atoms with Crippen molar-refractivity contribution in [3.05, 3.63) is 0 Å². The predicted molar refractivity (Wildman–Crippen MR) is 72.8 cm³/mol. The standard InChI is InChI=1S/C13H18N4OS/c18-11-6-19-12-14-15-13(16-17(11)12)9-2-7-1-8(4-9)5-10(13)3-7/h7-10,15-16H,1-6H2. The van der Waals surface area contributed by atoms with Crippen molar-refractivity contribution in [3.63, 3.8) is 0 Å². The highest BCUT2D eigenvalue weighted by Gasteiger charge is 2.60. The summed E-state index contributed by atoms with van der Waals surface area (Å²) in [6, 6.07) is 0. The molecule has 0 atom stereocenters. The molecule has 0 unspecified atom stereocenters. The predicted octanol–water partition coefficient (Wildman–Crippen LogP) is 1.09. The Kier molecular flexibility index (Phi) is 2.00. The topological polar surface area (TPSA) is 56.7 Å². The van der Waals surface area contributed by atoms with Gasteiger partial charge in [0.1, 0.15) is 5.66 Å². The van der Waals surface area contributed by atoms with Crippen LogP contribution in [0, 0.1) is 23.7 Å². The Morgan fingerprint density at radius 2 is 1.84 bits per heavy atom. The van der Waals surface area contributed by atoms with Crippen LogP contribution in [0.15, 0.2) is 5.10 Å². The van der Waals surface area contributed by atoms with Crippen molar-refractivity contribution in [1.29, 1.82) is 0 Å². The zero-order valence-corrected chi connectivity index (χ0v) is 11.6. The number of thioether (sulfide) groups is 1. The third-order valence-electron chi connectivity index (χ3n) is 5.82. The molecular weight excluding hydrogens is 260 g/mol. The highest BCUT2D eigenvalue weighted by molar-refractivity contribution is 8.15. The van der Waals surface area contributed by atoms with E-state index in [2.05, 4.69) is 16.0 Å². The van der Waals surface area contributed by atoms with Gasteiger partial charge in [-0.2, -0.15) is 10.5 Å². The summed E-state index contributed by atoms with van der Waals surface area (Å²) in [5.74, 6) is 3.78. The minimum Gasteiger partial charge on any atom is -0.285 e. The number of hydrogen-bond donors (Lipinski definition) is 2. The zero-order chi connectivity index (χ0) is 12.6. The van der Waals surface area contributed by atoms with Crippen molar-refractivity contribution in [3.8, 4) is 0 Å². The van der Waals surface area contributed by atoms with Gasteiger partial charge in [-0.05, 0) is 55.8 Å². The molecule has 1 saturated heterocycles. The van der Waals surface area contributed by atoms with Crippen molar-refractivity contribution < 1.29 is 4.79 Å². The van der Waals surface area contributed by atoms with E-state index in [1.165, 1.54) is 43.9 Å². The van der Waals surface area contributed by atoms with Crippen LogP contribution in [0.5, 0.6) is 0 Å². The van der Waals surface area contributed by atoms with Crippen molar-refractivity contribution in [2.75, 3.05) is 5.75 Å². The van der Waals surface area contributed by atoms with Crippen LogP contribution in [0.3, 0.4) is 0 Å². The van der Waals surface area contributed by atoms with E-state index in [0.29, 0.717) is 17.6 Å². The molecule has 2 heterocycles. The van der Waals surface area contributed by atoms with Gasteiger partial charge >= 0.3 is 0 Å². The van der Waals surface area contributed by atoms with Crippen LogP contribution in [0.4, 0.5) is 0 Å². The normalized spacial score (nSPS) is 50.4. The van der Waals surface area contributed by atoms with E-state index in [-0.39, 0.29) is 11.6 Å². The Labute approximate surface area is 116 Å². The van der Waals surface area contributed by atoms with Crippen LogP contribution in [0.2, 0.25) is 0 Å². The van der Waals surface area contributed by atoms with Gasteiger partial charge in [-0.1, -0.05) is 11.8 Å². The van der Waals surface area contributed by atoms with E-state index in [1.807, 2.05) is 0 Å². The Morgan fingerprint density at radius 3 is 2.53 bits per heavy atom. The molecule has 4 bridgehead atoms. The molecule has 2 aliphatic heterocycles. The van der Waals surface area contributed by atoms with Crippen LogP contribution in [-0.2, 0) is 4.79 Å². The van der Waals surface area contributed by atoms with Crippen LogP contribution in [0.25, 0.3) is 0 Å². The summed E-state index contributed by atoms with van der Waals surface area (Å²) in [7, 11) is 0. The third-order valence-corrected chi connectivity index (χ3v) is 6.75. The highest BCUT2D eigenvalue weighted by Crippen LogP contribution is 2.57. The number of carbonyl (C=O) groups excluding carboxylic acids is 1. The first-order valence-corrected chi connectivity index (χ1v) is 8.31. The second kappa shape index (κ2) is 3.47. The minimum absolute atomic E-state index is 0.141. The number of rotatable bonds is 0. The number of nitrogens with one attached hydrogen (secondary N) is 2. The molecule has 5 fully saturated rings. The highest BCUT2D eigenvalue weighted by atomic mass is 32.2. The molecule has 0 aromatic heterocycles. The van der Waals surface area contributed by atoms with E-state index in [1.54, 1.807) is 5.01 Å². The lowest BCUT2D eigenvalue weighted by Gasteiger charge is -2.62. The quantitative estimate of drug-likeness (QED) is 0.696. The van der Waals surface area contributed by atoms with Gasteiger partial charge in [0.15, 0.2) is 0 Å². The molecule has 4 aliphatic carbocycles. The lowest BCUT2D eigenvalue weighted by molar-refractivity contribution is -0.142. The number of amides is 1. The molecule has 19 heavy (non-hydrogen) atoms. The molecule has 1 amide bonds. The van der Waals surface area contributed by atoms with E-state index in [4.69, 9.17) is 0 Å². The van der Waals surface area contributed by atoms with Gasteiger partial charge in [0, 0.05) is 0 Å². The summed E-state index contributed by atoms with van der Waals surface area (Å²) in [6.07, 6.45) is 6.64. The van der Waals surface area contributed by atoms with Crippen molar-refractivity contribution in [2.45, 2.75) is 37.8 Å². The van der Waals surface area contributed by atoms with Crippen LogP contribution in [-0.4, -0.2) is 27.5 Å². The molecule has 5 nitrogen and oxygen atoms in total. The second-order valence-electron chi connectivity index (χ2n) is 6.81. The average Bonchev–Trinajstić information content (AvgIpc) is 2.77. The third kappa shape index (κ3) is 1.31. The fraction of sp³-hybridized carbons (Fsp3) is 0.846. The maximum Gasteiger partial charge on any atom is 0.253 e. The van der Waals surface area contributed by atoms with Gasteiger partial charge in [-0.3, -0.25) is 10.2 Å². The van der Waals surface area contributed by atoms with Crippen molar-refractivity contribution in [2.24, 2.45) is 28.8 Å². The molecular formula is C13H18N4OS. The zero-order valence-electron chi connectivity index (χ0n) is 10.8. The summed E-state index contributed by atoms with van der Waals surface area (Å²) >= 11 is 1.52. The fourth-order valence-corrected chi connectivity index (χ4v) is 5.97. The summed E-state index contributed by atoms with van der Waals surface area (Å²) < 4.78 is 0. The monoisotopic (exact) mass is 278 g/mol. The van der Waals surface area contributed by atoms with E-state index < -0.39 is 0 Å². The molecule has 1 spiro atoms. The lowest BCUT2D eigenvalue weighted by Crippen LogP contribution is -2.76. The number of hydrogen-bond acceptors (Lipinski definition) is 5. The summed E-state index contributed by atoms with van der Waals surface area (Å²) in [5.41, 5.74) is 6.84. The maximum absolute atomic E-state index is 12.0. The first kappa shape index (κ1) is 11.0. The van der Waals surface area contributed by atoms with Crippen LogP contribution >= 0.6 is 11.8 Å². The Bertz CT molecular complexity index is 463. The number of amidine groups is 1. The van der Waals surface area contributed by atoms with Crippen LogP contribution in [0.1, 0.15) is 32.1 Å². The molecule has 2 N–H and O–H groups in total. The molecule has 6 rings (SSSR count). The molecule has 102 valence electrons. The van der Waals surface area contributed by atoms with Gasteiger partial charge in [-0.15, -0.1) is 0 Å². The van der Waals surface area contributed by atoms with Crippen molar-refractivity contribution >= 4 is 22.8 Å². The van der Waals surface area contributed by atoms with Gasteiger partial charge in [0.2, 0.25) is 5.17 Å². The molecule has 6 aliphatic rings. The summed E-state index contributed by atoms with van der Waals surface area (Å²) in [6.45, 7) is 0. The Hall–Kier alpha value is -0.750. The van der Waals surface area contributed by atoms with E-state index in [9.17, 15) is 4.79 Å². The Balaban J connectivity index is 1.54. The first-order valence-electron chi connectivity index (χ1n) is 7.33. The smallest absolute Gasteiger partial charge is 0.253 e. The Morgan fingerprint density at radius 1 is 1.16 bits per heavy atom. The molecule has 0 radical (unpaired) electrons. The van der Waals surface area contributed by atoms with Gasteiger partial charge in [0.25, 0.3) is 5.91 Å².